The Labute approximate surface area is 173 Å². The van der Waals surface area contributed by atoms with Crippen LogP contribution in [0.1, 0.15) is 37.3 Å². The van der Waals surface area contributed by atoms with Crippen molar-refractivity contribution in [3.05, 3.63) is 47.7 Å². The Hall–Kier alpha value is -2.51. The van der Waals surface area contributed by atoms with E-state index >= 15 is 0 Å². The Kier molecular flexibility index (Phi) is 6.82. The molecule has 5 N–H and O–H groups in total. The minimum Gasteiger partial charge on any atom is -0.496 e. The highest BCUT2D eigenvalue weighted by Gasteiger charge is 2.38. The number of anilines is 1. The van der Waals surface area contributed by atoms with E-state index in [0.717, 1.165) is 61.3 Å². The monoisotopic (exact) mass is 399 g/mol. The summed E-state index contributed by atoms with van der Waals surface area (Å²) in [7, 11) is 1.66. The van der Waals surface area contributed by atoms with Crippen LogP contribution >= 0.6 is 0 Å². The van der Waals surface area contributed by atoms with E-state index in [1.807, 2.05) is 31.2 Å². The lowest BCUT2D eigenvalue weighted by atomic mass is 9.99. The summed E-state index contributed by atoms with van der Waals surface area (Å²) in [6.07, 6.45) is 4.70. The van der Waals surface area contributed by atoms with Gasteiger partial charge >= 0.3 is 0 Å². The predicted octanol–water partition coefficient (Wildman–Crippen LogP) is 2.54. The van der Waals surface area contributed by atoms with Crippen LogP contribution in [0.5, 0.6) is 0 Å². The Morgan fingerprint density at radius 3 is 3.00 bits per heavy atom. The maximum Gasteiger partial charge on any atom is 0.206 e. The number of piperidine rings is 1. The fourth-order valence-corrected chi connectivity index (χ4v) is 4.24. The molecule has 0 spiro atoms. The SMILES string of the molecule is C=C1C(=N)N(C(O)Nc2ccc(CCCN)c(C(=CC)OC)c2)C2CCCN1C2. The summed E-state index contributed by atoms with van der Waals surface area (Å²) >= 11 is 0. The number of hydrogen-bond acceptors (Lipinski definition) is 6. The Bertz CT molecular complexity index is 791. The Morgan fingerprint density at radius 2 is 2.31 bits per heavy atom. The quantitative estimate of drug-likeness (QED) is 0.396. The number of piperazine rings is 1. The number of ether oxygens (including phenoxy) is 1. The average Bonchev–Trinajstić information content (AvgIpc) is 2.73. The van der Waals surface area contributed by atoms with E-state index in [4.69, 9.17) is 15.9 Å². The van der Waals surface area contributed by atoms with Crippen molar-refractivity contribution in [3.8, 4) is 0 Å². The molecule has 0 saturated carbocycles. The number of nitrogens with one attached hydrogen (secondary N) is 2. The fourth-order valence-electron chi connectivity index (χ4n) is 4.24. The van der Waals surface area contributed by atoms with Gasteiger partial charge in [0.1, 0.15) is 11.6 Å². The second kappa shape index (κ2) is 9.33. The van der Waals surface area contributed by atoms with Gasteiger partial charge in [0.25, 0.3) is 0 Å². The number of methoxy groups -OCH3 is 1. The average molecular weight is 400 g/mol. The molecule has 158 valence electrons. The van der Waals surface area contributed by atoms with Crippen LogP contribution in [0.2, 0.25) is 0 Å². The lowest BCUT2D eigenvalue weighted by Gasteiger charge is -2.49. The van der Waals surface area contributed by atoms with E-state index < -0.39 is 6.35 Å². The van der Waals surface area contributed by atoms with Gasteiger partial charge in [0.05, 0.1) is 18.8 Å². The first-order chi connectivity index (χ1) is 14.0. The van der Waals surface area contributed by atoms with Crippen molar-refractivity contribution in [2.75, 3.05) is 32.1 Å². The lowest BCUT2D eigenvalue weighted by Crippen LogP contribution is -2.61. The zero-order valence-corrected chi connectivity index (χ0v) is 17.4. The number of benzene rings is 1. The highest BCUT2D eigenvalue weighted by atomic mass is 16.5. The van der Waals surface area contributed by atoms with Crippen LogP contribution in [0, 0.1) is 5.41 Å². The van der Waals surface area contributed by atoms with E-state index in [1.54, 1.807) is 12.0 Å². The summed E-state index contributed by atoms with van der Waals surface area (Å²) in [6, 6.07) is 6.10. The smallest absolute Gasteiger partial charge is 0.206 e. The minimum atomic E-state index is -0.996. The molecule has 0 amide bonds. The molecular formula is C22H33N5O2. The van der Waals surface area contributed by atoms with Gasteiger partial charge < -0.3 is 30.7 Å². The van der Waals surface area contributed by atoms with Crippen LogP contribution in [0.15, 0.2) is 36.6 Å². The first-order valence-corrected chi connectivity index (χ1v) is 10.3. The molecule has 2 fully saturated rings. The number of allylic oxidation sites excluding steroid dienone is 1. The number of rotatable bonds is 8. The zero-order valence-electron chi connectivity index (χ0n) is 17.4. The molecule has 2 atom stereocenters. The largest absolute Gasteiger partial charge is 0.496 e. The van der Waals surface area contributed by atoms with Crippen LogP contribution in [0.25, 0.3) is 5.76 Å². The molecule has 2 saturated heterocycles. The van der Waals surface area contributed by atoms with Gasteiger partial charge in [0.15, 0.2) is 0 Å². The first kappa shape index (κ1) is 21.2. The topological polar surface area (TPSA) is 97.8 Å². The van der Waals surface area contributed by atoms with Crippen molar-refractivity contribution in [1.82, 2.24) is 9.80 Å². The van der Waals surface area contributed by atoms with Crippen LogP contribution in [-0.2, 0) is 11.2 Å². The number of aliphatic hydroxyl groups excluding tert-OH is 1. The Morgan fingerprint density at radius 1 is 1.52 bits per heavy atom. The Balaban J connectivity index is 1.82. The van der Waals surface area contributed by atoms with Crippen molar-refractivity contribution in [1.29, 1.82) is 5.41 Å². The summed E-state index contributed by atoms with van der Waals surface area (Å²) in [5.74, 6) is 1.07. The van der Waals surface area contributed by atoms with E-state index in [9.17, 15) is 5.11 Å². The molecule has 1 aromatic rings. The molecule has 0 aromatic heterocycles. The van der Waals surface area contributed by atoms with Crippen molar-refractivity contribution in [2.45, 2.75) is 45.0 Å². The summed E-state index contributed by atoms with van der Waals surface area (Å²) in [4.78, 5) is 3.88. The fraction of sp³-hybridized carbons (Fsp3) is 0.500. The van der Waals surface area contributed by atoms with Crippen LogP contribution in [0.4, 0.5) is 5.69 Å². The van der Waals surface area contributed by atoms with Gasteiger partial charge in [-0.3, -0.25) is 5.41 Å². The molecule has 7 nitrogen and oxygen atoms in total. The minimum absolute atomic E-state index is 0.109. The molecule has 1 aromatic carbocycles. The van der Waals surface area contributed by atoms with Gasteiger partial charge in [-0.1, -0.05) is 12.6 Å². The lowest BCUT2D eigenvalue weighted by molar-refractivity contribution is 0.0149. The molecule has 29 heavy (non-hydrogen) atoms. The molecule has 2 unspecified atom stereocenters. The number of nitrogens with two attached hydrogens (primary N) is 1. The maximum atomic E-state index is 10.9. The molecule has 0 aliphatic carbocycles. The third-order valence-electron chi connectivity index (χ3n) is 5.77. The molecule has 2 heterocycles. The highest BCUT2D eigenvalue weighted by molar-refractivity contribution is 5.96. The second-order valence-electron chi connectivity index (χ2n) is 7.58. The molecule has 0 radical (unpaired) electrons. The van der Waals surface area contributed by atoms with Crippen molar-refractivity contribution in [3.63, 3.8) is 0 Å². The van der Waals surface area contributed by atoms with E-state index in [-0.39, 0.29) is 11.9 Å². The van der Waals surface area contributed by atoms with E-state index in [0.29, 0.717) is 12.2 Å². The molecule has 3 rings (SSSR count). The maximum absolute atomic E-state index is 10.9. The van der Waals surface area contributed by atoms with Crippen LogP contribution in [0.3, 0.4) is 0 Å². The van der Waals surface area contributed by atoms with Crippen LogP contribution in [-0.4, -0.2) is 59.9 Å². The number of hydrogen-bond donors (Lipinski definition) is 4. The third-order valence-corrected chi connectivity index (χ3v) is 5.77. The third kappa shape index (κ3) is 4.41. The number of nitrogens with zero attached hydrogens (tertiary/aromatic N) is 2. The normalized spacial score (nSPS) is 20.7. The van der Waals surface area contributed by atoms with Crippen molar-refractivity contribution >= 4 is 17.3 Å². The van der Waals surface area contributed by atoms with Gasteiger partial charge in [-0.25, -0.2) is 0 Å². The summed E-state index contributed by atoms with van der Waals surface area (Å²) in [6.45, 7) is 8.35. The summed E-state index contributed by atoms with van der Waals surface area (Å²) < 4.78 is 5.55. The number of amidine groups is 1. The van der Waals surface area contributed by atoms with Gasteiger partial charge in [0, 0.05) is 24.3 Å². The van der Waals surface area contributed by atoms with Crippen molar-refractivity contribution in [2.24, 2.45) is 5.73 Å². The predicted molar refractivity (Wildman–Crippen MR) is 117 cm³/mol. The van der Waals surface area contributed by atoms with Gasteiger partial charge in [-0.15, -0.1) is 0 Å². The summed E-state index contributed by atoms with van der Waals surface area (Å²) in [5, 5.41) is 22.6. The van der Waals surface area contributed by atoms with Gasteiger partial charge in [-0.2, -0.15) is 0 Å². The molecule has 7 heteroatoms. The van der Waals surface area contributed by atoms with Gasteiger partial charge in [-0.05, 0) is 62.9 Å². The first-order valence-electron chi connectivity index (χ1n) is 10.3. The molecular weight excluding hydrogens is 366 g/mol. The van der Waals surface area contributed by atoms with Crippen molar-refractivity contribution < 1.29 is 9.84 Å². The second-order valence-corrected chi connectivity index (χ2v) is 7.58. The number of aryl methyl sites for hydroxylation is 1. The summed E-state index contributed by atoms with van der Waals surface area (Å²) in [5.41, 5.74) is 9.28. The van der Waals surface area contributed by atoms with Gasteiger partial charge in [0.2, 0.25) is 6.35 Å². The van der Waals surface area contributed by atoms with E-state index in [2.05, 4.69) is 16.8 Å². The highest BCUT2D eigenvalue weighted by Crippen LogP contribution is 2.30. The van der Waals surface area contributed by atoms with Crippen LogP contribution < -0.4 is 11.1 Å². The molecule has 2 aliphatic heterocycles. The standard InChI is InChI=1S/C22H33N5O2/c1-4-20(29-3)19-13-17(10-9-16(19)7-5-11-23)25-22(28)27-18-8-6-12-26(14-18)15(2)21(27)24/h4,9-10,13,18,22,24-25,28H,2,5-8,11-12,14,23H2,1,3H3. The number of fused-ring (bicyclic) bond motifs is 2. The van der Waals surface area contributed by atoms with E-state index in [1.165, 1.54) is 0 Å². The zero-order chi connectivity index (χ0) is 21.0. The number of aliphatic hydroxyl groups is 1. The molecule has 2 bridgehead atoms. The molecule has 2 aliphatic rings.